The molecule has 0 radical (unpaired) electrons. The highest BCUT2D eigenvalue weighted by atomic mass is 32.2. The van der Waals surface area contributed by atoms with Gasteiger partial charge in [0.05, 0.1) is 26.2 Å². The molecule has 0 amide bonds. The number of hydrogen-bond donors (Lipinski definition) is 0. The molecule has 2 heterocycles. The van der Waals surface area contributed by atoms with E-state index in [-0.39, 0.29) is 24.9 Å². The van der Waals surface area contributed by atoms with Crippen molar-refractivity contribution in [1.29, 1.82) is 0 Å². The molecule has 1 saturated heterocycles. The van der Waals surface area contributed by atoms with E-state index in [1.165, 1.54) is 11.5 Å². The maximum Gasteiger partial charge on any atom is 0.350 e. The summed E-state index contributed by atoms with van der Waals surface area (Å²) in [5.74, 6) is 0.573. The number of nitrogens with zero attached hydrogens (tertiary/aromatic N) is 2. The Morgan fingerprint density at radius 1 is 0.880 bits per heavy atom. The van der Waals surface area contributed by atoms with Gasteiger partial charge in [0.15, 0.2) is 0 Å². The zero-order valence-corrected chi connectivity index (χ0v) is 29.8. The Hall–Kier alpha value is -4.65. The van der Waals surface area contributed by atoms with Crippen molar-refractivity contribution in [3.05, 3.63) is 118 Å². The van der Waals surface area contributed by atoms with E-state index in [4.69, 9.17) is 28.4 Å². The fourth-order valence-corrected chi connectivity index (χ4v) is 6.28. The summed E-state index contributed by atoms with van der Waals surface area (Å²) in [6.45, 7) is 6.63. The molecule has 12 heteroatoms. The second-order valence-electron chi connectivity index (χ2n) is 12.7. The van der Waals surface area contributed by atoms with Crippen LogP contribution in [0.5, 0.6) is 11.5 Å². The molecule has 1 aliphatic heterocycles. The van der Waals surface area contributed by atoms with E-state index in [1.807, 2.05) is 78.9 Å². The molecule has 50 heavy (non-hydrogen) atoms. The molecule has 4 aromatic rings. The quantitative estimate of drug-likeness (QED) is 0.0526. The topological polar surface area (TPSA) is 124 Å². The van der Waals surface area contributed by atoms with Gasteiger partial charge in [-0.05, 0) is 67.8 Å². The van der Waals surface area contributed by atoms with E-state index in [0.717, 1.165) is 28.5 Å². The zero-order chi connectivity index (χ0) is 35.9. The van der Waals surface area contributed by atoms with Crippen LogP contribution in [0.15, 0.2) is 101 Å². The van der Waals surface area contributed by atoms with E-state index >= 15 is 0 Å². The van der Waals surface area contributed by atoms with Gasteiger partial charge in [0, 0.05) is 19.5 Å². The molecule has 1 aromatic heterocycles. The van der Waals surface area contributed by atoms with Crippen molar-refractivity contribution in [2.45, 2.75) is 63.2 Å². The Labute approximate surface area is 295 Å². The summed E-state index contributed by atoms with van der Waals surface area (Å²) < 4.78 is 36.7. The lowest BCUT2D eigenvalue weighted by Gasteiger charge is -2.37. The summed E-state index contributed by atoms with van der Waals surface area (Å²) in [7, 11) is 3.22. The molecule has 0 N–H and O–H groups in total. The zero-order valence-electron chi connectivity index (χ0n) is 29.0. The summed E-state index contributed by atoms with van der Waals surface area (Å²) >= 11 is 1.14. The van der Waals surface area contributed by atoms with Crippen LogP contribution in [0.2, 0.25) is 0 Å². The molecule has 0 unspecified atom stereocenters. The van der Waals surface area contributed by atoms with Crippen molar-refractivity contribution in [1.82, 2.24) is 9.55 Å². The Morgan fingerprint density at radius 3 is 1.98 bits per heavy atom. The highest BCUT2D eigenvalue weighted by Gasteiger charge is 2.44. The minimum atomic E-state index is -1.13. The number of thioether (sulfide) groups is 1. The van der Waals surface area contributed by atoms with Gasteiger partial charge in [0.1, 0.15) is 46.5 Å². The standard InChI is InChI=1S/C38H42N2O9S/c1-25(41)48-31-22-34(40-21-20-33(39-36(40)43)50-24-46-35(42)37(2,3)4)49-32(31)23-47-38(26-10-8-7-9-11-26,27-12-16-29(44-5)17-13-27)28-14-18-30(45-6)19-15-28/h7-21,31-32,34H,22-24H2,1-6H3/t31-,32+,34+/m0/s1. The lowest BCUT2D eigenvalue weighted by atomic mass is 9.80. The number of ether oxygens (including phenoxy) is 6. The molecule has 3 atom stereocenters. The summed E-state index contributed by atoms with van der Waals surface area (Å²) in [6.07, 6.45) is -0.449. The summed E-state index contributed by atoms with van der Waals surface area (Å²) in [5.41, 5.74) is 0.191. The molecule has 0 aliphatic carbocycles. The van der Waals surface area contributed by atoms with Crippen molar-refractivity contribution in [3.63, 3.8) is 0 Å². The van der Waals surface area contributed by atoms with Crippen LogP contribution in [0.3, 0.4) is 0 Å². The molecule has 5 rings (SSSR count). The normalized spacial score (nSPS) is 17.6. The van der Waals surface area contributed by atoms with Gasteiger partial charge >= 0.3 is 17.6 Å². The first-order valence-electron chi connectivity index (χ1n) is 16.1. The highest BCUT2D eigenvalue weighted by molar-refractivity contribution is 7.99. The van der Waals surface area contributed by atoms with Crippen molar-refractivity contribution in [2.75, 3.05) is 26.8 Å². The summed E-state index contributed by atoms with van der Waals surface area (Å²) in [4.78, 5) is 41.7. The van der Waals surface area contributed by atoms with E-state index in [0.29, 0.717) is 16.5 Å². The number of rotatable bonds is 13. The molecule has 0 spiro atoms. The average Bonchev–Trinajstić information content (AvgIpc) is 3.50. The minimum absolute atomic E-state index is 0.00332. The lowest BCUT2D eigenvalue weighted by molar-refractivity contribution is -0.153. The van der Waals surface area contributed by atoms with Crippen LogP contribution in [-0.2, 0) is 34.1 Å². The predicted octanol–water partition coefficient (Wildman–Crippen LogP) is 6.13. The molecule has 11 nitrogen and oxygen atoms in total. The number of hydrogen-bond acceptors (Lipinski definition) is 11. The molecule has 1 aliphatic rings. The molecular weight excluding hydrogens is 660 g/mol. The summed E-state index contributed by atoms with van der Waals surface area (Å²) in [6, 6.07) is 26.8. The third-order valence-electron chi connectivity index (χ3n) is 8.26. The Balaban J connectivity index is 1.44. The van der Waals surface area contributed by atoms with E-state index in [9.17, 15) is 14.4 Å². The van der Waals surface area contributed by atoms with Gasteiger partial charge in [-0.2, -0.15) is 4.98 Å². The van der Waals surface area contributed by atoms with E-state index < -0.39 is 41.1 Å². The first kappa shape index (κ1) is 36.6. The number of carbonyl (C=O) groups is 2. The largest absolute Gasteiger partial charge is 0.497 e. The number of carbonyl (C=O) groups excluding carboxylic acids is 2. The van der Waals surface area contributed by atoms with Gasteiger partial charge in [-0.25, -0.2) is 4.79 Å². The molecule has 0 bridgehead atoms. The molecule has 3 aromatic carbocycles. The maximum absolute atomic E-state index is 13.2. The van der Waals surface area contributed by atoms with Crippen LogP contribution < -0.4 is 15.2 Å². The van der Waals surface area contributed by atoms with Gasteiger partial charge in [-0.15, -0.1) is 0 Å². The average molecular weight is 703 g/mol. The van der Waals surface area contributed by atoms with Gasteiger partial charge < -0.3 is 28.4 Å². The van der Waals surface area contributed by atoms with E-state index in [1.54, 1.807) is 47.3 Å². The van der Waals surface area contributed by atoms with Gasteiger partial charge in [-0.1, -0.05) is 66.4 Å². The second kappa shape index (κ2) is 15.9. The van der Waals surface area contributed by atoms with E-state index in [2.05, 4.69) is 4.98 Å². The summed E-state index contributed by atoms with van der Waals surface area (Å²) in [5, 5.41) is 0.397. The van der Waals surface area contributed by atoms with Crippen LogP contribution in [0.4, 0.5) is 0 Å². The second-order valence-corrected chi connectivity index (χ2v) is 13.7. The third kappa shape index (κ3) is 8.38. The minimum Gasteiger partial charge on any atom is -0.497 e. The first-order chi connectivity index (χ1) is 23.9. The van der Waals surface area contributed by atoms with Gasteiger partial charge in [-0.3, -0.25) is 14.2 Å². The number of aromatic nitrogens is 2. The number of benzene rings is 3. The third-order valence-corrected chi connectivity index (χ3v) is 9.02. The van der Waals surface area contributed by atoms with Crippen LogP contribution in [-0.4, -0.2) is 60.5 Å². The van der Waals surface area contributed by atoms with Crippen LogP contribution >= 0.6 is 11.8 Å². The van der Waals surface area contributed by atoms with Crippen LogP contribution in [0, 0.1) is 5.41 Å². The van der Waals surface area contributed by atoms with Crippen molar-refractivity contribution in [3.8, 4) is 11.5 Å². The molecule has 0 saturated carbocycles. The first-order valence-corrected chi connectivity index (χ1v) is 17.1. The van der Waals surface area contributed by atoms with Crippen LogP contribution in [0.25, 0.3) is 0 Å². The fourth-order valence-electron chi connectivity index (χ4n) is 5.70. The molecular formula is C38H42N2O9S. The van der Waals surface area contributed by atoms with Crippen molar-refractivity contribution < 1.29 is 38.0 Å². The predicted molar refractivity (Wildman–Crippen MR) is 187 cm³/mol. The fraction of sp³-hybridized carbons (Fsp3) is 0.368. The smallest absolute Gasteiger partial charge is 0.350 e. The van der Waals surface area contributed by atoms with Crippen LogP contribution in [0.1, 0.15) is 57.0 Å². The van der Waals surface area contributed by atoms with Gasteiger partial charge in [0.2, 0.25) is 0 Å². The Bertz CT molecular complexity index is 1760. The number of esters is 2. The molecule has 264 valence electrons. The SMILES string of the molecule is COc1ccc(C(OC[C@H]2O[C@@H](n3ccc(SCOC(=O)C(C)(C)C)nc3=O)C[C@@H]2OC(C)=O)(c2ccccc2)c2ccc(OC)cc2)cc1. The lowest BCUT2D eigenvalue weighted by Crippen LogP contribution is -2.39. The monoisotopic (exact) mass is 702 g/mol. The molecule has 1 fully saturated rings. The Kier molecular flexibility index (Phi) is 11.7. The maximum atomic E-state index is 13.2. The van der Waals surface area contributed by atoms with Crippen molar-refractivity contribution in [2.24, 2.45) is 5.41 Å². The van der Waals surface area contributed by atoms with Gasteiger partial charge in [0.25, 0.3) is 0 Å². The van der Waals surface area contributed by atoms with Crippen molar-refractivity contribution >= 4 is 23.7 Å². The number of methoxy groups -OCH3 is 2. The highest BCUT2D eigenvalue weighted by Crippen LogP contribution is 2.43. The Morgan fingerprint density at radius 2 is 1.46 bits per heavy atom.